The van der Waals surface area contributed by atoms with Gasteiger partial charge in [-0.3, -0.25) is 0 Å². The molecule has 0 fully saturated rings. The van der Waals surface area contributed by atoms with Gasteiger partial charge in [-0.25, -0.2) is 4.98 Å². The van der Waals surface area contributed by atoms with Gasteiger partial charge in [-0.1, -0.05) is 20.8 Å². The van der Waals surface area contributed by atoms with Crippen molar-refractivity contribution in [2.75, 3.05) is 39.3 Å². The molecule has 0 aliphatic carbocycles. The molecule has 0 amide bonds. The van der Waals surface area contributed by atoms with Gasteiger partial charge < -0.3 is 19.9 Å². The second-order valence-corrected chi connectivity index (χ2v) is 5.51. The molecule has 6 nitrogen and oxygen atoms in total. The molecule has 0 radical (unpaired) electrons. The monoisotopic (exact) mass is 283 g/mol. The van der Waals surface area contributed by atoms with Gasteiger partial charge in [0.25, 0.3) is 0 Å². The summed E-state index contributed by atoms with van der Waals surface area (Å²) in [6, 6.07) is 1.64. The molecule has 0 aliphatic heterocycles. The molecule has 0 aliphatic rings. The molecule has 0 aromatic carbocycles. The summed E-state index contributed by atoms with van der Waals surface area (Å²) in [5, 5.41) is 0. The molecule has 0 saturated carbocycles. The van der Waals surface area contributed by atoms with E-state index in [9.17, 15) is 0 Å². The lowest BCUT2D eigenvalue weighted by molar-refractivity contribution is 0.0641. The van der Waals surface area contributed by atoms with Crippen LogP contribution in [0.25, 0.3) is 0 Å². The van der Waals surface area contributed by atoms with Crippen LogP contribution in [0.3, 0.4) is 0 Å². The van der Waals surface area contributed by atoms with E-state index in [2.05, 4.69) is 9.97 Å². The molecule has 0 unspecified atom stereocenters. The zero-order chi connectivity index (χ0) is 15.0. The fourth-order valence-electron chi connectivity index (χ4n) is 1.43. The molecular formula is C14H25N3O3. The zero-order valence-corrected chi connectivity index (χ0v) is 12.8. The number of aromatic nitrogens is 2. The highest BCUT2D eigenvalue weighted by Gasteiger charge is 2.18. The highest BCUT2D eigenvalue weighted by molar-refractivity contribution is 5.34. The lowest BCUT2D eigenvalue weighted by atomic mass is 9.96. The van der Waals surface area contributed by atoms with E-state index in [1.807, 2.05) is 20.8 Å². The minimum atomic E-state index is -0.156. The summed E-state index contributed by atoms with van der Waals surface area (Å²) < 4.78 is 15.8. The second-order valence-electron chi connectivity index (χ2n) is 5.51. The average molecular weight is 283 g/mol. The van der Waals surface area contributed by atoms with Gasteiger partial charge in [0.1, 0.15) is 11.6 Å². The smallest absolute Gasteiger partial charge is 0.218 e. The van der Waals surface area contributed by atoms with Gasteiger partial charge in [-0.05, 0) is 0 Å². The summed E-state index contributed by atoms with van der Waals surface area (Å²) >= 11 is 0. The molecule has 0 bridgehead atoms. The third kappa shape index (κ3) is 6.16. The van der Waals surface area contributed by atoms with Gasteiger partial charge in [0.05, 0.1) is 19.8 Å². The normalized spacial score (nSPS) is 11.6. The summed E-state index contributed by atoms with van der Waals surface area (Å²) in [4.78, 5) is 8.61. The molecule has 1 heterocycles. The van der Waals surface area contributed by atoms with E-state index in [1.54, 1.807) is 13.2 Å². The number of nitrogens with two attached hydrogens (primary N) is 1. The number of methoxy groups -OCH3 is 1. The van der Waals surface area contributed by atoms with Crippen molar-refractivity contribution in [2.45, 2.75) is 32.6 Å². The maximum absolute atomic E-state index is 5.77. The number of nitrogen functional groups attached to an aromatic ring is 1. The van der Waals surface area contributed by atoms with Gasteiger partial charge >= 0.3 is 0 Å². The Morgan fingerprint density at radius 2 is 1.85 bits per heavy atom. The average Bonchev–Trinajstić information content (AvgIpc) is 2.36. The van der Waals surface area contributed by atoms with Crippen LogP contribution in [0.2, 0.25) is 0 Å². The summed E-state index contributed by atoms with van der Waals surface area (Å²) in [5.74, 6) is 1.62. The van der Waals surface area contributed by atoms with Crippen molar-refractivity contribution in [3.05, 3.63) is 11.9 Å². The number of anilines is 1. The first-order chi connectivity index (χ1) is 9.43. The minimum Gasteiger partial charge on any atom is -0.477 e. The standard InChI is InChI=1S/C14H25N3O3/c1-14(2,3)13-16-11(15)10-12(17-13)20-7-5-6-19-9-8-18-4/h10H,5-9H2,1-4H3,(H2,15,16,17). The summed E-state index contributed by atoms with van der Waals surface area (Å²) in [6.45, 7) is 8.49. The van der Waals surface area contributed by atoms with E-state index in [0.717, 1.165) is 6.42 Å². The maximum Gasteiger partial charge on any atom is 0.218 e. The van der Waals surface area contributed by atoms with Crippen LogP contribution in [0.1, 0.15) is 33.0 Å². The number of hydrogen-bond acceptors (Lipinski definition) is 6. The molecule has 1 rings (SSSR count). The molecule has 6 heteroatoms. The van der Waals surface area contributed by atoms with Crippen molar-refractivity contribution in [2.24, 2.45) is 0 Å². The third-order valence-electron chi connectivity index (χ3n) is 2.51. The van der Waals surface area contributed by atoms with Crippen LogP contribution in [-0.4, -0.2) is 43.5 Å². The van der Waals surface area contributed by atoms with E-state index in [4.69, 9.17) is 19.9 Å². The molecule has 1 aromatic rings. The molecule has 0 spiro atoms. The highest BCUT2D eigenvalue weighted by atomic mass is 16.5. The maximum atomic E-state index is 5.77. The first kappa shape index (κ1) is 16.7. The lowest BCUT2D eigenvalue weighted by Gasteiger charge is -2.17. The summed E-state index contributed by atoms with van der Waals surface area (Å²) in [7, 11) is 1.65. The molecule has 20 heavy (non-hydrogen) atoms. The number of ether oxygens (including phenoxy) is 3. The van der Waals surface area contributed by atoms with Crippen LogP contribution < -0.4 is 10.5 Å². The van der Waals surface area contributed by atoms with Gasteiger partial charge in [-0.2, -0.15) is 4.98 Å². The summed E-state index contributed by atoms with van der Waals surface area (Å²) in [5.41, 5.74) is 5.62. The first-order valence-corrected chi connectivity index (χ1v) is 6.78. The van der Waals surface area contributed by atoms with Crippen molar-refractivity contribution in [1.29, 1.82) is 0 Å². The van der Waals surface area contributed by atoms with Crippen molar-refractivity contribution < 1.29 is 14.2 Å². The largest absolute Gasteiger partial charge is 0.477 e. The Balaban J connectivity index is 2.39. The van der Waals surface area contributed by atoms with Crippen LogP contribution >= 0.6 is 0 Å². The lowest BCUT2D eigenvalue weighted by Crippen LogP contribution is -2.17. The molecular weight excluding hydrogens is 258 g/mol. The minimum absolute atomic E-state index is 0.156. The van der Waals surface area contributed by atoms with Gasteiger partial charge in [0, 0.05) is 31.6 Å². The predicted molar refractivity (Wildman–Crippen MR) is 78.0 cm³/mol. The van der Waals surface area contributed by atoms with Crippen LogP contribution in [0.15, 0.2) is 6.07 Å². The van der Waals surface area contributed by atoms with E-state index < -0.39 is 0 Å². The van der Waals surface area contributed by atoms with E-state index in [0.29, 0.717) is 43.9 Å². The van der Waals surface area contributed by atoms with Crippen LogP contribution in [0, 0.1) is 0 Å². The summed E-state index contributed by atoms with van der Waals surface area (Å²) in [6.07, 6.45) is 0.790. The quantitative estimate of drug-likeness (QED) is 0.733. The predicted octanol–water partition coefficient (Wildman–Crippen LogP) is 1.79. The Kier molecular flexibility index (Phi) is 6.67. The topological polar surface area (TPSA) is 79.5 Å². The fourth-order valence-corrected chi connectivity index (χ4v) is 1.43. The van der Waals surface area contributed by atoms with Crippen molar-refractivity contribution in [3.8, 4) is 5.88 Å². The van der Waals surface area contributed by atoms with E-state index in [1.165, 1.54) is 0 Å². The second kappa shape index (κ2) is 8.01. The first-order valence-electron chi connectivity index (χ1n) is 6.78. The Morgan fingerprint density at radius 1 is 1.10 bits per heavy atom. The fraction of sp³-hybridized carbons (Fsp3) is 0.714. The SMILES string of the molecule is COCCOCCCOc1cc(N)nc(C(C)(C)C)n1. The van der Waals surface area contributed by atoms with Crippen LogP contribution in [0.5, 0.6) is 5.88 Å². The van der Waals surface area contributed by atoms with Crippen molar-refractivity contribution in [3.63, 3.8) is 0 Å². The van der Waals surface area contributed by atoms with Crippen LogP contribution in [0.4, 0.5) is 5.82 Å². The Labute approximate surface area is 120 Å². The number of rotatable bonds is 8. The molecule has 114 valence electrons. The Morgan fingerprint density at radius 3 is 2.50 bits per heavy atom. The van der Waals surface area contributed by atoms with Gasteiger partial charge in [0.15, 0.2) is 0 Å². The number of nitrogens with zero attached hydrogens (tertiary/aromatic N) is 2. The highest BCUT2D eigenvalue weighted by Crippen LogP contribution is 2.22. The van der Waals surface area contributed by atoms with Crippen molar-refractivity contribution >= 4 is 5.82 Å². The van der Waals surface area contributed by atoms with Gasteiger partial charge in [-0.15, -0.1) is 0 Å². The Hall–Kier alpha value is -1.40. The van der Waals surface area contributed by atoms with Crippen LogP contribution in [-0.2, 0) is 14.9 Å². The molecule has 0 saturated heterocycles. The van der Waals surface area contributed by atoms with E-state index in [-0.39, 0.29) is 5.41 Å². The molecule has 2 N–H and O–H groups in total. The number of hydrogen-bond donors (Lipinski definition) is 1. The van der Waals surface area contributed by atoms with Gasteiger partial charge in [0.2, 0.25) is 5.88 Å². The van der Waals surface area contributed by atoms with E-state index >= 15 is 0 Å². The molecule has 0 atom stereocenters. The molecule has 1 aromatic heterocycles. The Bertz CT molecular complexity index is 405. The zero-order valence-electron chi connectivity index (χ0n) is 12.8. The third-order valence-corrected chi connectivity index (χ3v) is 2.51. The van der Waals surface area contributed by atoms with Crippen molar-refractivity contribution in [1.82, 2.24) is 9.97 Å².